The van der Waals surface area contributed by atoms with E-state index in [1.165, 1.54) is 6.42 Å². The molecule has 4 heteroatoms. The first kappa shape index (κ1) is 21.6. The molecule has 0 saturated carbocycles. The molecule has 1 aromatic carbocycles. The summed E-state index contributed by atoms with van der Waals surface area (Å²) in [6.07, 6.45) is 3.32. The van der Waals surface area contributed by atoms with Gasteiger partial charge in [0, 0.05) is 24.4 Å². The second-order valence-corrected chi connectivity index (χ2v) is 4.92. The van der Waals surface area contributed by atoms with Crippen LogP contribution in [-0.4, -0.2) is 23.7 Å². The lowest BCUT2D eigenvalue weighted by Gasteiger charge is -2.04. The van der Waals surface area contributed by atoms with Crippen molar-refractivity contribution in [2.75, 3.05) is 12.3 Å². The smallest absolute Gasteiger partial charge is 0.124 e. The zero-order valence-electron chi connectivity index (χ0n) is 13.7. The van der Waals surface area contributed by atoms with E-state index in [-0.39, 0.29) is 12.5 Å². The topological polar surface area (TPSA) is 87.2 Å². The molecular formula is C17H30N2O2. The van der Waals surface area contributed by atoms with Gasteiger partial charge in [-0.05, 0) is 37.0 Å². The number of hydrogen-bond donors (Lipinski definition) is 3. The SMILES string of the molecule is CC(=N)C(C)CCO.CCC.Nc1ccc(CC=O)cc1. The first-order chi connectivity index (χ1) is 9.92. The van der Waals surface area contributed by atoms with E-state index in [1.807, 2.05) is 19.1 Å². The highest BCUT2D eigenvalue weighted by molar-refractivity contribution is 5.80. The zero-order chi connectivity index (χ0) is 16.7. The predicted octanol–water partition coefficient (Wildman–Crippen LogP) is 3.47. The molecule has 1 atom stereocenters. The standard InChI is InChI=1S/C8H9NO.C6H13NO.C3H8/c9-8-3-1-7(2-4-8)5-6-10;1-5(3-4-8)6(2)7;1-3-2/h1-4,6H,5,9H2;5,7-8H,3-4H2,1-2H3;3H2,1-2H3. The fourth-order valence-electron chi connectivity index (χ4n) is 1.16. The van der Waals surface area contributed by atoms with Crippen molar-refractivity contribution in [2.45, 2.75) is 47.0 Å². The molecule has 1 aromatic rings. The van der Waals surface area contributed by atoms with Gasteiger partial charge in [0.15, 0.2) is 0 Å². The molecule has 0 aromatic heterocycles. The van der Waals surface area contributed by atoms with Gasteiger partial charge in [-0.25, -0.2) is 0 Å². The minimum Gasteiger partial charge on any atom is -0.399 e. The van der Waals surface area contributed by atoms with Gasteiger partial charge >= 0.3 is 0 Å². The fraction of sp³-hybridized carbons (Fsp3) is 0.529. The van der Waals surface area contributed by atoms with Crippen LogP contribution in [0.4, 0.5) is 5.69 Å². The largest absolute Gasteiger partial charge is 0.399 e. The summed E-state index contributed by atoms with van der Waals surface area (Å²) in [5.41, 5.74) is 7.82. The number of aliphatic hydroxyl groups excluding tert-OH is 1. The fourth-order valence-corrected chi connectivity index (χ4v) is 1.16. The average molecular weight is 294 g/mol. The monoisotopic (exact) mass is 294 g/mol. The van der Waals surface area contributed by atoms with Crippen molar-refractivity contribution in [2.24, 2.45) is 5.92 Å². The highest BCUT2D eigenvalue weighted by Crippen LogP contribution is 2.04. The van der Waals surface area contributed by atoms with Crippen LogP contribution in [0.25, 0.3) is 0 Å². The van der Waals surface area contributed by atoms with Crippen molar-refractivity contribution >= 4 is 17.7 Å². The molecule has 0 radical (unpaired) electrons. The van der Waals surface area contributed by atoms with Crippen molar-refractivity contribution < 1.29 is 9.90 Å². The van der Waals surface area contributed by atoms with Gasteiger partial charge in [0.1, 0.15) is 6.29 Å². The molecule has 1 unspecified atom stereocenters. The predicted molar refractivity (Wildman–Crippen MR) is 90.9 cm³/mol. The van der Waals surface area contributed by atoms with Crippen LogP contribution in [0.3, 0.4) is 0 Å². The molecule has 0 heterocycles. The molecule has 0 aliphatic carbocycles. The molecule has 4 nitrogen and oxygen atoms in total. The number of nitrogens with two attached hydrogens (primary N) is 1. The maximum absolute atomic E-state index is 10.0. The van der Waals surface area contributed by atoms with Gasteiger partial charge in [-0.15, -0.1) is 0 Å². The third kappa shape index (κ3) is 14.5. The van der Waals surface area contributed by atoms with E-state index >= 15 is 0 Å². The van der Waals surface area contributed by atoms with E-state index in [0.29, 0.717) is 12.1 Å². The Morgan fingerprint density at radius 3 is 2.10 bits per heavy atom. The Balaban J connectivity index is 0. The van der Waals surface area contributed by atoms with Crippen LogP contribution in [0.1, 0.15) is 46.1 Å². The summed E-state index contributed by atoms with van der Waals surface area (Å²) in [6.45, 7) is 8.15. The Hall–Kier alpha value is -1.68. The van der Waals surface area contributed by atoms with Crippen LogP contribution < -0.4 is 5.73 Å². The van der Waals surface area contributed by atoms with Crippen LogP contribution in [0.15, 0.2) is 24.3 Å². The number of aldehydes is 1. The molecule has 0 bridgehead atoms. The molecule has 0 saturated heterocycles. The van der Waals surface area contributed by atoms with Crippen molar-refractivity contribution in [3.63, 3.8) is 0 Å². The normalized spacial score (nSPS) is 10.3. The van der Waals surface area contributed by atoms with Crippen molar-refractivity contribution in [1.29, 1.82) is 5.41 Å². The molecule has 4 N–H and O–H groups in total. The highest BCUT2D eigenvalue weighted by atomic mass is 16.3. The Bertz CT molecular complexity index is 375. The van der Waals surface area contributed by atoms with E-state index in [4.69, 9.17) is 16.2 Å². The molecule has 0 spiro atoms. The Labute approximate surface area is 128 Å². The number of benzene rings is 1. The number of hydrogen-bond acceptors (Lipinski definition) is 4. The maximum Gasteiger partial charge on any atom is 0.124 e. The summed E-state index contributed by atoms with van der Waals surface area (Å²) in [5, 5.41) is 15.5. The van der Waals surface area contributed by atoms with Crippen LogP contribution in [0.5, 0.6) is 0 Å². The highest BCUT2D eigenvalue weighted by Gasteiger charge is 2.00. The second-order valence-electron chi connectivity index (χ2n) is 4.92. The summed E-state index contributed by atoms with van der Waals surface area (Å²) in [6, 6.07) is 7.28. The zero-order valence-corrected chi connectivity index (χ0v) is 13.7. The van der Waals surface area contributed by atoms with Gasteiger partial charge in [0.2, 0.25) is 0 Å². The molecule has 21 heavy (non-hydrogen) atoms. The van der Waals surface area contributed by atoms with Crippen LogP contribution in [0.2, 0.25) is 0 Å². The van der Waals surface area contributed by atoms with Crippen LogP contribution >= 0.6 is 0 Å². The quantitative estimate of drug-likeness (QED) is 0.441. The van der Waals surface area contributed by atoms with Crippen molar-refractivity contribution in [3.8, 4) is 0 Å². The lowest BCUT2D eigenvalue weighted by Crippen LogP contribution is -2.06. The first-order valence-corrected chi connectivity index (χ1v) is 7.36. The van der Waals surface area contributed by atoms with Crippen LogP contribution in [-0.2, 0) is 11.2 Å². The van der Waals surface area contributed by atoms with E-state index in [1.54, 1.807) is 19.1 Å². The number of nitrogen functional groups attached to an aromatic ring is 1. The molecule has 0 aliphatic heterocycles. The molecule has 120 valence electrons. The minimum atomic E-state index is 0.192. The molecule has 0 aliphatic rings. The maximum atomic E-state index is 10.0. The van der Waals surface area contributed by atoms with E-state index in [2.05, 4.69) is 13.8 Å². The average Bonchev–Trinajstić information content (AvgIpc) is 2.43. The second kappa shape index (κ2) is 14.7. The molecular weight excluding hydrogens is 264 g/mol. The van der Waals surface area contributed by atoms with Gasteiger partial charge in [-0.2, -0.15) is 0 Å². The third-order valence-corrected chi connectivity index (χ3v) is 2.60. The summed E-state index contributed by atoms with van der Waals surface area (Å²) in [5.74, 6) is 0.250. The summed E-state index contributed by atoms with van der Waals surface area (Å²) in [7, 11) is 0. The number of nitrogens with one attached hydrogen (secondary N) is 1. The third-order valence-electron chi connectivity index (χ3n) is 2.60. The van der Waals surface area contributed by atoms with E-state index in [0.717, 1.165) is 24.0 Å². The summed E-state index contributed by atoms with van der Waals surface area (Å²) in [4.78, 5) is 10.0. The van der Waals surface area contributed by atoms with E-state index < -0.39 is 0 Å². The minimum absolute atomic E-state index is 0.192. The number of anilines is 1. The lowest BCUT2D eigenvalue weighted by molar-refractivity contribution is -0.107. The van der Waals surface area contributed by atoms with Gasteiger partial charge in [-0.1, -0.05) is 39.3 Å². The molecule has 0 fully saturated rings. The Morgan fingerprint density at radius 2 is 1.81 bits per heavy atom. The Kier molecular flexibility index (Phi) is 15.2. The molecule has 0 amide bonds. The molecule has 1 rings (SSSR count). The Morgan fingerprint density at radius 1 is 1.33 bits per heavy atom. The number of carbonyl (C=O) groups excluding carboxylic acids is 1. The summed E-state index contributed by atoms with van der Waals surface area (Å²) >= 11 is 0. The number of carbonyl (C=O) groups is 1. The van der Waals surface area contributed by atoms with Crippen molar-refractivity contribution in [1.82, 2.24) is 0 Å². The van der Waals surface area contributed by atoms with Gasteiger partial charge in [-0.3, -0.25) is 0 Å². The number of rotatable bonds is 5. The number of aliphatic hydroxyl groups is 1. The summed E-state index contributed by atoms with van der Waals surface area (Å²) < 4.78 is 0. The van der Waals surface area contributed by atoms with Crippen LogP contribution in [0, 0.1) is 11.3 Å². The van der Waals surface area contributed by atoms with Gasteiger partial charge in [0.05, 0.1) is 0 Å². The van der Waals surface area contributed by atoms with Gasteiger partial charge < -0.3 is 21.0 Å². The first-order valence-electron chi connectivity index (χ1n) is 7.36. The van der Waals surface area contributed by atoms with Gasteiger partial charge in [0.25, 0.3) is 0 Å². The van der Waals surface area contributed by atoms with Crippen molar-refractivity contribution in [3.05, 3.63) is 29.8 Å². The lowest BCUT2D eigenvalue weighted by atomic mass is 10.0. The van der Waals surface area contributed by atoms with E-state index in [9.17, 15) is 4.79 Å².